The van der Waals surface area contributed by atoms with Gasteiger partial charge in [-0.15, -0.1) is 11.8 Å². The van der Waals surface area contributed by atoms with Gasteiger partial charge in [-0.3, -0.25) is 4.79 Å². The second kappa shape index (κ2) is 11.4. The lowest BCUT2D eigenvalue weighted by Crippen LogP contribution is -2.19. The van der Waals surface area contributed by atoms with Crippen LogP contribution in [-0.2, 0) is 11.4 Å². The van der Waals surface area contributed by atoms with E-state index < -0.39 is 0 Å². The third-order valence-electron chi connectivity index (χ3n) is 4.76. The molecule has 1 N–H and O–H groups in total. The second-order valence-corrected chi connectivity index (χ2v) is 9.59. The number of carbonyl (C=O) groups excluding carboxylic acids is 1. The maximum Gasteiger partial charge on any atom is 0.250 e. The van der Waals surface area contributed by atoms with Gasteiger partial charge in [0, 0.05) is 20.0 Å². The van der Waals surface area contributed by atoms with Gasteiger partial charge in [-0.2, -0.15) is 5.10 Å². The van der Waals surface area contributed by atoms with Gasteiger partial charge in [0.25, 0.3) is 0 Å². The Hall–Kier alpha value is -2.80. The van der Waals surface area contributed by atoms with E-state index in [1.807, 2.05) is 42.5 Å². The highest BCUT2D eigenvalue weighted by Gasteiger charge is 2.06. The van der Waals surface area contributed by atoms with Crippen LogP contribution in [0, 0.1) is 0 Å². The van der Waals surface area contributed by atoms with Gasteiger partial charge >= 0.3 is 0 Å². The molecule has 4 aromatic rings. The predicted octanol–water partition coefficient (Wildman–Crippen LogP) is 7.08. The fourth-order valence-corrected chi connectivity index (χ4v) is 4.32. The number of halogens is 2. The molecule has 0 aliphatic rings. The molecule has 0 heterocycles. The minimum absolute atomic E-state index is 0.195. The van der Waals surface area contributed by atoms with Crippen LogP contribution in [0.25, 0.3) is 10.8 Å². The molecule has 0 unspecified atom stereocenters. The maximum absolute atomic E-state index is 12.1. The van der Waals surface area contributed by atoms with E-state index in [1.54, 1.807) is 18.3 Å². The predicted molar refractivity (Wildman–Crippen MR) is 140 cm³/mol. The quantitative estimate of drug-likeness (QED) is 0.148. The SMILES string of the molecule is O=C(CSc1ccc(Cl)cc1)N/N=C\c1cc(Br)ccc1OCc1ccc2ccccc2c1. The summed E-state index contributed by atoms with van der Waals surface area (Å²) in [5.41, 5.74) is 4.40. The number of thioether (sulfide) groups is 1. The summed E-state index contributed by atoms with van der Waals surface area (Å²) in [6.45, 7) is 0.428. The Morgan fingerprint density at radius 2 is 1.79 bits per heavy atom. The van der Waals surface area contributed by atoms with Gasteiger partial charge in [0.05, 0.1) is 12.0 Å². The summed E-state index contributed by atoms with van der Waals surface area (Å²) in [5.74, 6) is 0.739. The molecule has 0 saturated carbocycles. The van der Waals surface area contributed by atoms with Crippen molar-refractivity contribution in [2.24, 2.45) is 5.10 Å². The molecule has 4 aromatic carbocycles. The smallest absolute Gasteiger partial charge is 0.250 e. The number of hydrogen-bond acceptors (Lipinski definition) is 4. The van der Waals surface area contributed by atoms with Gasteiger partial charge in [0.1, 0.15) is 12.4 Å². The number of amides is 1. The number of nitrogens with zero attached hydrogens (tertiary/aromatic N) is 1. The molecule has 166 valence electrons. The van der Waals surface area contributed by atoms with E-state index in [9.17, 15) is 4.79 Å². The molecular formula is C26H20BrClN2O2S. The average Bonchev–Trinajstić information content (AvgIpc) is 2.83. The van der Waals surface area contributed by atoms with Crippen LogP contribution in [0.1, 0.15) is 11.1 Å². The molecule has 0 atom stereocenters. The van der Waals surface area contributed by atoms with Crippen molar-refractivity contribution in [3.8, 4) is 5.75 Å². The van der Waals surface area contributed by atoms with Crippen LogP contribution < -0.4 is 10.2 Å². The zero-order valence-corrected chi connectivity index (χ0v) is 20.7. The number of hydrogen-bond donors (Lipinski definition) is 1. The number of fused-ring (bicyclic) bond motifs is 1. The number of carbonyl (C=O) groups is 1. The molecule has 0 aliphatic heterocycles. The monoisotopic (exact) mass is 538 g/mol. The molecule has 4 nitrogen and oxygen atoms in total. The third kappa shape index (κ3) is 6.84. The standard InChI is InChI=1S/C26H20BrClN2O2S/c27-22-7-12-25(32-16-18-5-6-19-3-1-2-4-20(19)13-18)21(14-22)15-29-30-26(31)17-33-24-10-8-23(28)9-11-24/h1-15H,16-17H2,(H,30,31)/b29-15-. The van der Waals surface area contributed by atoms with Crippen molar-refractivity contribution in [2.75, 3.05) is 5.75 Å². The molecule has 33 heavy (non-hydrogen) atoms. The molecule has 0 spiro atoms. The first-order chi connectivity index (χ1) is 16.1. The Bertz CT molecular complexity index is 1300. The van der Waals surface area contributed by atoms with Gasteiger partial charge in [0.2, 0.25) is 5.91 Å². The fraction of sp³-hybridized carbons (Fsp3) is 0.0769. The molecule has 0 aliphatic carbocycles. The Morgan fingerprint density at radius 1 is 1.00 bits per heavy atom. The van der Waals surface area contributed by atoms with Gasteiger partial charge in [-0.25, -0.2) is 5.43 Å². The minimum Gasteiger partial charge on any atom is -0.488 e. The molecule has 0 fully saturated rings. The van der Waals surface area contributed by atoms with Crippen molar-refractivity contribution in [1.82, 2.24) is 5.43 Å². The minimum atomic E-state index is -0.195. The van der Waals surface area contributed by atoms with Crippen LogP contribution in [0.2, 0.25) is 5.02 Å². The summed E-state index contributed by atoms with van der Waals surface area (Å²) in [7, 11) is 0. The van der Waals surface area contributed by atoms with Crippen molar-refractivity contribution in [3.05, 3.63) is 106 Å². The Balaban J connectivity index is 1.36. The van der Waals surface area contributed by atoms with Crippen LogP contribution in [0.3, 0.4) is 0 Å². The number of hydrazone groups is 1. The zero-order valence-electron chi connectivity index (χ0n) is 17.5. The first-order valence-corrected chi connectivity index (χ1v) is 12.3. The molecule has 4 rings (SSSR count). The first-order valence-electron chi connectivity index (χ1n) is 10.2. The molecule has 0 saturated heterocycles. The summed E-state index contributed by atoms with van der Waals surface area (Å²) in [4.78, 5) is 13.1. The van der Waals surface area contributed by atoms with Crippen LogP contribution >= 0.6 is 39.3 Å². The van der Waals surface area contributed by atoms with Crippen LogP contribution in [0.5, 0.6) is 5.75 Å². The lowest BCUT2D eigenvalue weighted by molar-refractivity contribution is -0.118. The normalized spacial score (nSPS) is 11.1. The molecule has 0 aromatic heterocycles. The summed E-state index contributed by atoms with van der Waals surface area (Å²) in [6, 6.07) is 27.6. The largest absolute Gasteiger partial charge is 0.488 e. The highest BCUT2D eigenvalue weighted by molar-refractivity contribution is 9.10. The molecule has 7 heteroatoms. The van der Waals surface area contributed by atoms with Gasteiger partial charge in [0.15, 0.2) is 0 Å². The van der Waals surface area contributed by atoms with Crippen molar-refractivity contribution in [3.63, 3.8) is 0 Å². The number of benzene rings is 4. The van der Waals surface area contributed by atoms with E-state index in [-0.39, 0.29) is 11.7 Å². The van der Waals surface area contributed by atoms with E-state index in [0.29, 0.717) is 17.4 Å². The lowest BCUT2D eigenvalue weighted by Gasteiger charge is -2.10. The van der Waals surface area contributed by atoms with E-state index in [2.05, 4.69) is 56.8 Å². The summed E-state index contributed by atoms with van der Waals surface area (Å²) < 4.78 is 6.95. The summed E-state index contributed by atoms with van der Waals surface area (Å²) in [6.07, 6.45) is 1.59. The highest BCUT2D eigenvalue weighted by atomic mass is 79.9. The maximum atomic E-state index is 12.1. The van der Waals surface area contributed by atoms with Crippen molar-refractivity contribution >= 4 is 62.2 Å². The summed E-state index contributed by atoms with van der Waals surface area (Å²) >= 11 is 10.8. The topological polar surface area (TPSA) is 50.7 Å². The van der Waals surface area contributed by atoms with Crippen LogP contribution in [0.15, 0.2) is 99.4 Å². The third-order valence-corrected chi connectivity index (χ3v) is 6.51. The summed E-state index contributed by atoms with van der Waals surface area (Å²) in [5, 5.41) is 7.15. The fourth-order valence-electron chi connectivity index (χ4n) is 3.13. The highest BCUT2D eigenvalue weighted by Crippen LogP contribution is 2.24. The van der Waals surface area contributed by atoms with E-state index in [1.165, 1.54) is 22.5 Å². The molecular weight excluding hydrogens is 520 g/mol. The van der Waals surface area contributed by atoms with Gasteiger partial charge < -0.3 is 4.74 Å². The van der Waals surface area contributed by atoms with Crippen molar-refractivity contribution in [1.29, 1.82) is 0 Å². The molecule has 0 radical (unpaired) electrons. The van der Waals surface area contributed by atoms with Crippen LogP contribution in [0.4, 0.5) is 0 Å². The Kier molecular flexibility index (Phi) is 8.05. The zero-order chi connectivity index (χ0) is 23.0. The Morgan fingerprint density at radius 3 is 2.61 bits per heavy atom. The first kappa shape index (κ1) is 23.4. The van der Waals surface area contributed by atoms with E-state index >= 15 is 0 Å². The Labute approximate surface area is 210 Å². The number of ether oxygens (including phenoxy) is 1. The van der Waals surface area contributed by atoms with Gasteiger partial charge in [-0.05, 0) is 64.9 Å². The van der Waals surface area contributed by atoms with Crippen molar-refractivity contribution < 1.29 is 9.53 Å². The number of nitrogens with one attached hydrogen (secondary N) is 1. The average molecular weight is 540 g/mol. The lowest BCUT2D eigenvalue weighted by atomic mass is 10.1. The van der Waals surface area contributed by atoms with Crippen LogP contribution in [-0.4, -0.2) is 17.9 Å². The molecule has 0 bridgehead atoms. The van der Waals surface area contributed by atoms with Gasteiger partial charge in [-0.1, -0.05) is 63.9 Å². The van der Waals surface area contributed by atoms with Crippen molar-refractivity contribution in [2.45, 2.75) is 11.5 Å². The van der Waals surface area contributed by atoms with E-state index in [0.717, 1.165) is 20.5 Å². The molecule has 1 amide bonds. The number of rotatable bonds is 8. The second-order valence-electron chi connectivity index (χ2n) is 7.19. The van der Waals surface area contributed by atoms with E-state index in [4.69, 9.17) is 16.3 Å².